The summed E-state index contributed by atoms with van der Waals surface area (Å²) in [4.78, 5) is 4.83. The SMILES string of the molecule is Cc1csc(C2(NC(C)C)CCC3(CCCC3)CC2)n1. The van der Waals surface area contributed by atoms with Crippen molar-refractivity contribution in [1.82, 2.24) is 10.3 Å². The van der Waals surface area contributed by atoms with Crippen LogP contribution >= 0.6 is 11.3 Å². The van der Waals surface area contributed by atoms with Gasteiger partial charge in [-0.15, -0.1) is 11.3 Å². The molecule has 1 heterocycles. The van der Waals surface area contributed by atoms with Crippen LogP contribution in [0.25, 0.3) is 0 Å². The number of thiazole rings is 1. The predicted molar refractivity (Wildman–Crippen MR) is 86.2 cm³/mol. The van der Waals surface area contributed by atoms with E-state index in [4.69, 9.17) is 4.98 Å². The van der Waals surface area contributed by atoms with E-state index in [2.05, 4.69) is 31.5 Å². The Balaban J connectivity index is 1.81. The van der Waals surface area contributed by atoms with Crippen molar-refractivity contribution in [2.45, 2.75) is 83.7 Å². The Labute approximate surface area is 127 Å². The van der Waals surface area contributed by atoms with Gasteiger partial charge >= 0.3 is 0 Å². The van der Waals surface area contributed by atoms with Gasteiger partial charge < -0.3 is 5.32 Å². The molecule has 1 aromatic rings. The molecule has 0 atom stereocenters. The van der Waals surface area contributed by atoms with Crippen LogP contribution in [0.3, 0.4) is 0 Å². The van der Waals surface area contributed by atoms with Gasteiger partial charge in [-0.3, -0.25) is 0 Å². The van der Waals surface area contributed by atoms with E-state index in [1.54, 1.807) is 0 Å². The summed E-state index contributed by atoms with van der Waals surface area (Å²) in [6.07, 6.45) is 11.2. The van der Waals surface area contributed by atoms with E-state index in [9.17, 15) is 0 Å². The molecule has 2 fully saturated rings. The monoisotopic (exact) mass is 292 g/mol. The smallest absolute Gasteiger partial charge is 0.113 e. The first-order valence-corrected chi connectivity index (χ1v) is 9.12. The summed E-state index contributed by atoms with van der Waals surface area (Å²) in [6.45, 7) is 6.65. The summed E-state index contributed by atoms with van der Waals surface area (Å²) in [5.41, 5.74) is 2.02. The largest absolute Gasteiger partial charge is 0.303 e. The molecule has 0 saturated heterocycles. The van der Waals surface area contributed by atoms with E-state index in [0.29, 0.717) is 11.5 Å². The molecular weight excluding hydrogens is 264 g/mol. The van der Waals surface area contributed by atoms with Gasteiger partial charge in [-0.05, 0) is 64.7 Å². The minimum atomic E-state index is 0.154. The van der Waals surface area contributed by atoms with Crippen molar-refractivity contribution in [1.29, 1.82) is 0 Å². The Kier molecular flexibility index (Phi) is 3.93. The van der Waals surface area contributed by atoms with E-state index < -0.39 is 0 Å². The Morgan fingerprint density at radius 1 is 1.10 bits per heavy atom. The van der Waals surface area contributed by atoms with Crippen LogP contribution in [0.2, 0.25) is 0 Å². The average Bonchev–Trinajstić information content (AvgIpc) is 3.02. The maximum atomic E-state index is 4.83. The van der Waals surface area contributed by atoms with Crippen molar-refractivity contribution in [3.63, 3.8) is 0 Å². The van der Waals surface area contributed by atoms with E-state index >= 15 is 0 Å². The normalized spacial score (nSPS) is 24.6. The molecule has 112 valence electrons. The van der Waals surface area contributed by atoms with E-state index in [-0.39, 0.29) is 5.54 Å². The summed E-state index contributed by atoms with van der Waals surface area (Å²) in [6, 6.07) is 0.525. The minimum absolute atomic E-state index is 0.154. The lowest BCUT2D eigenvalue weighted by molar-refractivity contribution is 0.103. The molecule has 1 N–H and O–H groups in total. The van der Waals surface area contributed by atoms with Crippen LogP contribution < -0.4 is 5.32 Å². The lowest BCUT2D eigenvalue weighted by Gasteiger charge is -2.45. The first-order valence-electron chi connectivity index (χ1n) is 8.24. The van der Waals surface area contributed by atoms with Gasteiger partial charge in [0.2, 0.25) is 0 Å². The van der Waals surface area contributed by atoms with E-state index in [1.165, 1.54) is 62.1 Å². The molecule has 0 unspecified atom stereocenters. The van der Waals surface area contributed by atoms with Crippen LogP contribution in [0, 0.1) is 12.3 Å². The minimum Gasteiger partial charge on any atom is -0.303 e. The fourth-order valence-corrected chi connectivity index (χ4v) is 5.40. The third-order valence-electron chi connectivity index (χ3n) is 5.42. The lowest BCUT2D eigenvalue weighted by atomic mass is 9.66. The lowest BCUT2D eigenvalue weighted by Crippen LogP contribution is -2.49. The molecule has 1 spiro atoms. The van der Waals surface area contributed by atoms with Gasteiger partial charge in [-0.25, -0.2) is 4.98 Å². The number of hydrogen-bond acceptors (Lipinski definition) is 3. The summed E-state index contributed by atoms with van der Waals surface area (Å²) in [5.74, 6) is 0. The molecule has 3 rings (SSSR count). The zero-order chi connectivity index (χ0) is 14.2. The highest BCUT2D eigenvalue weighted by molar-refractivity contribution is 7.09. The van der Waals surface area contributed by atoms with Gasteiger partial charge in [0.1, 0.15) is 5.01 Å². The van der Waals surface area contributed by atoms with Crippen molar-refractivity contribution < 1.29 is 0 Å². The van der Waals surface area contributed by atoms with Crippen LogP contribution in [0.15, 0.2) is 5.38 Å². The number of nitrogens with zero attached hydrogens (tertiary/aromatic N) is 1. The highest BCUT2D eigenvalue weighted by atomic mass is 32.1. The molecule has 2 aliphatic carbocycles. The Bertz CT molecular complexity index is 447. The van der Waals surface area contributed by atoms with Gasteiger partial charge in [0.05, 0.1) is 5.54 Å². The van der Waals surface area contributed by atoms with Gasteiger partial charge in [-0.2, -0.15) is 0 Å². The van der Waals surface area contributed by atoms with Crippen molar-refractivity contribution in [3.8, 4) is 0 Å². The second-order valence-corrected chi connectivity index (χ2v) is 8.24. The number of nitrogens with one attached hydrogen (secondary N) is 1. The average molecular weight is 292 g/mol. The summed E-state index contributed by atoms with van der Waals surface area (Å²) in [7, 11) is 0. The molecule has 20 heavy (non-hydrogen) atoms. The van der Waals surface area contributed by atoms with Crippen LogP contribution in [0.5, 0.6) is 0 Å². The van der Waals surface area contributed by atoms with Crippen LogP contribution in [-0.4, -0.2) is 11.0 Å². The van der Waals surface area contributed by atoms with Gasteiger partial charge in [0.15, 0.2) is 0 Å². The second-order valence-electron chi connectivity index (χ2n) is 7.38. The van der Waals surface area contributed by atoms with Crippen LogP contribution in [0.4, 0.5) is 0 Å². The highest BCUT2D eigenvalue weighted by Crippen LogP contribution is 2.53. The van der Waals surface area contributed by atoms with Crippen molar-refractivity contribution in [2.24, 2.45) is 5.41 Å². The molecule has 0 bridgehead atoms. The topological polar surface area (TPSA) is 24.9 Å². The maximum Gasteiger partial charge on any atom is 0.113 e. The quantitative estimate of drug-likeness (QED) is 0.867. The molecular formula is C17H28N2S. The Morgan fingerprint density at radius 2 is 1.75 bits per heavy atom. The van der Waals surface area contributed by atoms with E-state index in [1.807, 2.05) is 11.3 Å². The first kappa shape index (κ1) is 14.5. The number of rotatable bonds is 3. The number of aryl methyl sites for hydroxylation is 1. The molecule has 2 nitrogen and oxygen atoms in total. The molecule has 3 heteroatoms. The summed E-state index contributed by atoms with van der Waals surface area (Å²) >= 11 is 1.85. The fraction of sp³-hybridized carbons (Fsp3) is 0.824. The number of aromatic nitrogens is 1. The zero-order valence-electron chi connectivity index (χ0n) is 13.2. The molecule has 0 aliphatic heterocycles. The van der Waals surface area contributed by atoms with Crippen molar-refractivity contribution in [3.05, 3.63) is 16.1 Å². The zero-order valence-corrected chi connectivity index (χ0v) is 14.0. The standard InChI is InChI=1S/C17H28N2S/c1-13(2)19-17(15-18-14(3)12-20-15)10-8-16(9-11-17)6-4-5-7-16/h12-13,19H,4-11H2,1-3H3. The molecule has 2 aliphatic rings. The molecule has 0 amide bonds. The Morgan fingerprint density at radius 3 is 2.25 bits per heavy atom. The van der Waals surface area contributed by atoms with Gasteiger partial charge in [0, 0.05) is 17.1 Å². The predicted octanol–water partition coefficient (Wildman–Crippen LogP) is 4.78. The Hall–Kier alpha value is -0.410. The third-order valence-corrected chi connectivity index (χ3v) is 6.59. The summed E-state index contributed by atoms with van der Waals surface area (Å²) in [5, 5.41) is 7.42. The number of hydrogen-bond donors (Lipinski definition) is 1. The highest BCUT2D eigenvalue weighted by Gasteiger charge is 2.46. The third kappa shape index (κ3) is 2.67. The molecule has 2 saturated carbocycles. The van der Waals surface area contributed by atoms with E-state index in [0.717, 1.165) is 0 Å². The summed E-state index contributed by atoms with van der Waals surface area (Å²) < 4.78 is 0. The van der Waals surface area contributed by atoms with Gasteiger partial charge in [0.25, 0.3) is 0 Å². The molecule has 0 aromatic carbocycles. The van der Waals surface area contributed by atoms with Crippen molar-refractivity contribution >= 4 is 11.3 Å². The molecule has 1 aromatic heterocycles. The van der Waals surface area contributed by atoms with Gasteiger partial charge in [-0.1, -0.05) is 12.8 Å². The first-order chi connectivity index (χ1) is 9.54. The maximum absolute atomic E-state index is 4.83. The fourth-order valence-electron chi connectivity index (χ4n) is 4.38. The van der Waals surface area contributed by atoms with Crippen LogP contribution in [-0.2, 0) is 5.54 Å². The second kappa shape index (κ2) is 5.42. The van der Waals surface area contributed by atoms with Crippen LogP contribution in [0.1, 0.15) is 75.9 Å². The van der Waals surface area contributed by atoms with Crippen molar-refractivity contribution in [2.75, 3.05) is 0 Å². The molecule has 0 radical (unpaired) electrons.